The molecule has 0 radical (unpaired) electrons. The Morgan fingerprint density at radius 3 is 2.26 bits per heavy atom. The second-order valence-electron chi connectivity index (χ2n) is 4.72. The fourth-order valence-electron chi connectivity index (χ4n) is 2.09. The molecule has 1 heterocycles. The highest BCUT2D eigenvalue weighted by atomic mass is 19.3. The van der Waals surface area contributed by atoms with Crippen LogP contribution in [0.1, 0.15) is 18.4 Å². The number of hydrogen-bond acceptors (Lipinski definition) is 4. The molecule has 1 aliphatic heterocycles. The van der Waals surface area contributed by atoms with E-state index in [0.717, 1.165) is 5.56 Å². The lowest BCUT2D eigenvalue weighted by Gasteiger charge is -2.31. The van der Waals surface area contributed by atoms with Gasteiger partial charge in [0.1, 0.15) is 5.75 Å². The molecule has 7 heteroatoms. The molecule has 1 saturated heterocycles. The van der Waals surface area contributed by atoms with Crippen molar-refractivity contribution < 1.29 is 23.5 Å². The molecule has 2 N–H and O–H groups in total. The van der Waals surface area contributed by atoms with Crippen molar-refractivity contribution in [1.29, 1.82) is 0 Å². The summed E-state index contributed by atoms with van der Waals surface area (Å²) in [6.07, 6.45) is -0.185. The van der Waals surface area contributed by atoms with Gasteiger partial charge in [-0.3, -0.25) is 4.90 Å². The van der Waals surface area contributed by atoms with Crippen molar-refractivity contribution in [1.82, 2.24) is 4.90 Å². The maximum Gasteiger partial charge on any atom is 0.707 e. The number of rotatable bonds is 4. The Bertz CT molecular complexity index is 404. The second kappa shape index (κ2) is 5.86. The first-order valence-electron chi connectivity index (χ1n) is 6.16. The number of alkyl halides is 2. The predicted molar refractivity (Wildman–Crippen MR) is 66.7 cm³/mol. The van der Waals surface area contributed by atoms with Gasteiger partial charge in [0.05, 0.1) is 0 Å². The molecule has 4 nitrogen and oxygen atoms in total. The van der Waals surface area contributed by atoms with Crippen LogP contribution < -0.4 is 4.65 Å². The smallest absolute Gasteiger partial charge is 0.512 e. The minimum atomic E-state index is -2.52. The first-order chi connectivity index (χ1) is 8.94. The minimum Gasteiger partial charge on any atom is -0.512 e. The molecule has 0 spiro atoms. The molecule has 0 aliphatic carbocycles. The Morgan fingerprint density at radius 2 is 1.74 bits per heavy atom. The molecule has 1 aromatic rings. The monoisotopic (exact) mass is 271 g/mol. The van der Waals surface area contributed by atoms with Crippen molar-refractivity contribution in [3.63, 3.8) is 0 Å². The van der Waals surface area contributed by atoms with E-state index in [1.165, 1.54) is 0 Å². The van der Waals surface area contributed by atoms with Crippen LogP contribution in [0.2, 0.25) is 0 Å². The van der Waals surface area contributed by atoms with E-state index in [9.17, 15) is 8.78 Å². The van der Waals surface area contributed by atoms with Crippen molar-refractivity contribution in [2.75, 3.05) is 13.1 Å². The maximum absolute atomic E-state index is 13.0. The highest BCUT2D eigenvalue weighted by Crippen LogP contribution is 2.28. The summed E-state index contributed by atoms with van der Waals surface area (Å²) in [5, 5.41) is 17.3. The van der Waals surface area contributed by atoms with Crippen LogP contribution in [0.3, 0.4) is 0 Å². The standard InChI is InChI=1S/C12H16BF2NO3/c14-12(15)5-7-16(8-6-12)9-10-1-3-11(4-2-10)19-13(17)18/h1-4,17-18H,5-9H2. The molecule has 1 aromatic carbocycles. The van der Waals surface area contributed by atoms with Gasteiger partial charge in [-0.25, -0.2) is 8.78 Å². The van der Waals surface area contributed by atoms with E-state index in [1.54, 1.807) is 24.3 Å². The average molecular weight is 271 g/mol. The lowest BCUT2D eigenvalue weighted by molar-refractivity contribution is -0.0566. The highest BCUT2D eigenvalue weighted by molar-refractivity contribution is 6.33. The van der Waals surface area contributed by atoms with Crippen LogP contribution in [0, 0.1) is 0 Å². The molecule has 0 atom stereocenters. The third-order valence-corrected chi connectivity index (χ3v) is 3.16. The minimum absolute atomic E-state index is 0.0924. The second-order valence-corrected chi connectivity index (χ2v) is 4.72. The molecule has 19 heavy (non-hydrogen) atoms. The Labute approximate surface area is 110 Å². The zero-order valence-electron chi connectivity index (χ0n) is 10.4. The van der Waals surface area contributed by atoms with Gasteiger partial charge in [-0.05, 0) is 17.7 Å². The maximum atomic E-state index is 13.0. The molecule has 1 fully saturated rings. The summed E-state index contributed by atoms with van der Waals surface area (Å²) in [5.41, 5.74) is 0.977. The quantitative estimate of drug-likeness (QED) is 0.810. The summed E-state index contributed by atoms with van der Waals surface area (Å²) in [7, 11) is -1.84. The molecule has 0 amide bonds. The summed E-state index contributed by atoms with van der Waals surface area (Å²) in [4.78, 5) is 1.98. The number of hydrogen-bond donors (Lipinski definition) is 2. The summed E-state index contributed by atoms with van der Waals surface area (Å²) in [6.45, 7) is 1.39. The summed E-state index contributed by atoms with van der Waals surface area (Å²) in [5.74, 6) is -2.17. The first-order valence-corrected chi connectivity index (χ1v) is 6.16. The van der Waals surface area contributed by atoms with Gasteiger partial charge in [0.25, 0.3) is 5.92 Å². The normalized spacial score (nSPS) is 19.2. The summed E-state index contributed by atoms with van der Waals surface area (Å²) >= 11 is 0. The van der Waals surface area contributed by atoms with E-state index in [2.05, 4.69) is 4.65 Å². The van der Waals surface area contributed by atoms with Gasteiger partial charge in [0.15, 0.2) is 0 Å². The average Bonchev–Trinajstić information content (AvgIpc) is 2.34. The fraction of sp³-hybridized carbons (Fsp3) is 0.500. The molecule has 2 rings (SSSR count). The zero-order chi connectivity index (χ0) is 13.9. The lowest BCUT2D eigenvalue weighted by Crippen LogP contribution is -2.38. The van der Waals surface area contributed by atoms with E-state index >= 15 is 0 Å². The fourth-order valence-corrected chi connectivity index (χ4v) is 2.09. The Hall–Kier alpha value is -1.18. The topological polar surface area (TPSA) is 52.9 Å². The Kier molecular flexibility index (Phi) is 4.39. The van der Waals surface area contributed by atoms with Gasteiger partial charge in [-0.1, -0.05) is 12.1 Å². The molecular weight excluding hydrogens is 255 g/mol. The third kappa shape index (κ3) is 4.45. The molecule has 1 aliphatic rings. The van der Waals surface area contributed by atoms with Gasteiger partial charge in [0, 0.05) is 32.5 Å². The van der Waals surface area contributed by atoms with Gasteiger partial charge < -0.3 is 14.7 Å². The number of likely N-dealkylation sites (tertiary alicyclic amines) is 1. The SMILES string of the molecule is OB(O)Oc1ccc(CN2CCC(F)(F)CC2)cc1. The first kappa shape index (κ1) is 14.2. The van der Waals surface area contributed by atoms with Crippen molar-refractivity contribution >= 4 is 7.32 Å². The number of halogens is 2. The van der Waals surface area contributed by atoms with Gasteiger partial charge >= 0.3 is 7.32 Å². The molecule has 0 aromatic heterocycles. The lowest BCUT2D eigenvalue weighted by atomic mass is 10.1. The van der Waals surface area contributed by atoms with Crippen LogP contribution in [-0.4, -0.2) is 41.3 Å². The Balaban J connectivity index is 1.86. The van der Waals surface area contributed by atoms with Gasteiger partial charge in [0.2, 0.25) is 0 Å². The number of piperidine rings is 1. The summed E-state index contributed by atoms with van der Waals surface area (Å²) in [6, 6.07) is 6.80. The molecule has 0 bridgehead atoms. The van der Waals surface area contributed by atoms with Crippen LogP contribution in [0.15, 0.2) is 24.3 Å². The molecular formula is C12H16BF2NO3. The van der Waals surface area contributed by atoms with Crippen LogP contribution in [0.4, 0.5) is 8.78 Å². The van der Waals surface area contributed by atoms with Crippen molar-refractivity contribution in [2.45, 2.75) is 25.3 Å². The van der Waals surface area contributed by atoms with E-state index in [0.29, 0.717) is 25.4 Å². The van der Waals surface area contributed by atoms with Crippen molar-refractivity contribution in [3.8, 4) is 5.75 Å². The largest absolute Gasteiger partial charge is 0.707 e. The molecule has 0 unspecified atom stereocenters. The van der Waals surface area contributed by atoms with Gasteiger partial charge in [-0.15, -0.1) is 0 Å². The highest BCUT2D eigenvalue weighted by Gasteiger charge is 2.33. The van der Waals surface area contributed by atoms with Crippen LogP contribution in [0.5, 0.6) is 5.75 Å². The van der Waals surface area contributed by atoms with Crippen molar-refractivity contribution in [2.24, 2.45) is 0 Å². The molecule has 104 valence electrons. The van der Waals surface area contributed by atoms with E-state index < -0.39 is 13.2 Å². The van der Waals surface area contributed by atoms with Gasteiger partial charge in [-0.2, -0.15) is 0 Å². The summed E-state index contributed by atoms with van der Waals surface area (Å²) < 4.78 is 30.7. The van der Waals surface area contributed by atoms with E-state index in [1.807, 2.05) is 4.90 Å². The van der Waals surface area contributed by atoms with Crippen LogP contribution in [0.25, 0.3) is 0 Å². The predicted octanol–water partition coefficient (Wildman–Crippen LogP) is 1.27. The van der Waals surface area contributed by atoms with E-state index in [4.69, 9.17) is 10.0 Å². The Morgan fingerprint density at radius 1 is 1.16 bits per heavy atom. The van der Waals surface area contributed by atoms with Crippen molar-refractivity contribution in [3.05, 3.63) is 29.8 Å². The molecule has 0 saturated carbocycles. The van der Waals surface area contributed by atoms with E-state index in [-0.39, 0.29) is 12.8 Å². The third-order valence-electron chi connectivity index (χ3n) is 3.16. The number of benzene rings is 1. The van der Waals surface area contributed by atoms with Crippen LogP contribution in [-0.2, 0) is 6.54 Å². The zero-order valence-corrected chi connectivity index (χ0v) is 10.4. The van der Waals surface area contributed by atoms with Crippen LogP contribution >= 0.6 is 0 Å². The number of nitrogens with zero attached hydrogens (tertiary/aromatic N) is 1.